The average molecular weight is 207 g/mol. The molecule has 15 heavy (non-hydrogen) atoms. The average Bonchev–Trinajstić information content (AvgIpc) is 2.87. The Morgan fingerprint density at radius 1 is 1.60 bits per heavy atom. The summed E-state index contributed by atoms with van der Waals surface area (Å²) in [6.45, 7) is 7.71. The highest BCUT2D eigenvalue weighted by Gasteiger charge is 2.39. The molecule has 1 aliphatic rings. The summed E-state index contributed by atoms with van der Waals surface area (Å²) >= 11 is 0. The lowest BCUT2D eigenvalue weighted by molar-refractivity contribution is 0.554. The van der Waals surface area contributed by atoms with E-state index in [9.17, 15) is 0 Å². The van der Waals surface area contributed by atoms with Crippen molar-refractivity contribution in [3.05, 3.63) is 17.5 Å². The van der Waals surface area contributed by atoms with E-state index in [4.69, 9.17) is 0 Å². The first kappa shape index (κ1) is 10.7. The van der Waals surface area contributed by atoms with Gasteiger partial charge >= 0.3 is 0 Å². The fourth-order valence-corrected chi connectivity index (χ4v) is 2.12. The maximum atomic E-state index is 4.30. The molecule has 0 radical (unpaired) electrons. The molecule has 0 saturated heterocycles. The molecule has 2 rings (SSSR count). The third-order valence-corrected chi connectivity index (χ3v) is 3.38. The summed E-state index contributed by atoms with van der Waals surface area (Å²) in [5, 5.41) is 7.81. The van der Waals surface area contributed by atoms with Gasteiger partial charge in [-0.05, 0) is 37.3 Å². The second-order valence-corrected chi connectivity index (χ2v) is 4.97. The van der Waals surface area contributed by atoms with E-state index in [2.05, 4.69) is 31.2 Å². The summed E-state index contributed by atoms with van der Waals surface area (Å²) < 4.78 is 1.97. The second-order valence-electron chi connectivity index (χ2n) is 4.97. The Morgan fingerprint density at radius 2 is 2.33 bits per heavy atom. The highest BCUT2D eigenvalue weighted by molar-refractivity contribution is 5.27. The number of aromatic nitrogens is 2. The first-order valence-corrected chi connectivity index (χ1v) is 5.81. The molecule has 1 aromatic heterocycles. The van der Waals surface area contributed by atoms with E-state index in [1.54, 1.807) is 0 Å². The SMILES string of the molecule is Cc1c(C2CC2CNC(C)C)cnn1C. The van der Waals surface area contributed by atoms with Crippen LogP contribution in [0.5, 0.6) is 0 Å². The van der Waals surface area contributed by atoms with Crippen molar-refractivity contribution in [2.45, 2.75) is 39.2 Å². The third-order valence-electron chi connectivity index (χ3n) is 3.38. The van der Waals surface area contributed by atoms with Crippen molar-refractivity contribution in [1.82, 2.24) is 15.1 Å². The van der Waals surface area contributed by atoms with Crippen LogP contribution in [0.2, 0.25) is 0 Å². The summed E-state index contributed by atoms with van der Waals surface area (Å²) in [7, 11) is 2.02. The Labute approximate surface area is 91.9 Å². The molecule has 3 nitrogen and oxygen atoms in total. The molecule has 2 atom stereocenters. The summed E-state index contributed by atoms with van der Waals surface area (Å²) in [6.07, 6.45) is 3.36. The van der Waals surface area contributed by atoms with Crippen molar-refractivity contribution >= 4 is 0 Å². The first-order chi connectivity index (χ1) is 7.09. The lowest BCUT2D eigenvalue weighted by atomic mass is 10.1. The minimum Gasteiger partial charge on any atom is -0.314 e. The Morgan fingerprint density at radius 3 is 2.87 bits per heavy atom. The minimum atomic E-state index is 0.598. The van der Waals surface area contributed by atoms with Gasteiger partial charge in [0, 0.05) is 18.8 Å². The molecule has 1 N–H and O–H groups in total. The van der Waals surface area contributed by atoms with Crippen LogP contribution in [0.4, 0.5) is 0 Å². The van der Waals surface area contributed by atoms with E-state index >= 15 is 0 Å². The van der Waals surface area contributed by atoms with E-state index in [-0.39, 0.29) is 0 Å². The maximum absolute atomic E-state index is 4.30. The zero-order valence-corrected chi connectivity index (χ0v) is 10.1. The number of nitrogens with one attached hydrogen (secondary N) is 1. The normalized spacial score (nSPS) is 24.9. The second kappa shape index (κ2) is 3.97. The number of nitrogens with zero attached hydrogens (tertiary/aromatic N) is 2. The van der Waals surface area contributed by atoms with Crippen LogP contribution in [0.1, 0.15) is 37.4 Å². The van der Waals surface area contributed by atoms with E-state index < -0.39 is 0 Å². The molecule has 84 valence electrons. The van der Waals surface area contributed by atoms with Crippen LogP contribution in [-0.2, 0) is 7.05 Å². The van der Waals surface area contributed by atoms with Gasteiger partial charge in [0.1, 0.15) is 0 Å². The van der Waals surface area contributed by atoms with Crippen molar-refractivity contribution in [3.63, 3.8) is 0 Å². The molecule has 0 aromatic carbocycles. The molecule has 1 saturated carbocycles. The fourth-order valence-electron chi connectivity index (χ4n) is 2.12. The van der Waals surface area contributed by atoms with Crippen molar-refractivity contribution in [2.24, 2.45) is 13.0 Å². The highest BCUT2D eigenvalue weighted by atomic mass is 15.3. The summed E-state index contributed by atoms with van der Waals surface area (Å²) in [5.74, 6) is 1.58. The molecule has 1 aromatic rings. The van der Waals surface area contributed by atoms with Crippen LogP contribution < -0.4 is 5.32 Å². The molecule has 1 fully saturated rings. The Hall–Kier alpha value is -0.830. The zero-order valence-electron chi connectivity index (χ0n) is 10.1. The minimum absolute atomic E-state index is 0.598. The lowest BCUT2D eigenvalue weighted by Gasteiger charge is -2.07. The van der Waals surface area contributed by atoms with Gasteiger partial charge in [-0.2, -0.15) is 5.10 Å². The van der Waals surface area contributed by atoms with Crippen LogP contribution in [0.25, 0.3) is 0 Å². The predicted octanol–water partition coefficient (Wildman–Crippen LogP) is 1.83. The quantitative estimate of drug-likeness (QED) is 0.816. The molecular formula is C12H21N3. The molecule has 0 bridgehead atoms. The van der Waals surface area contributed by atoms with Gasteiger partial charge < -0.3 is 5.32 Å². The van der Waals surface area contributed by atoms with Gasteiger partial charge in [-0.1, -0.05) is 13.8 Å². The van der Waals surface area contributed by atoms with E-state index in [0.717, 1.165) is 18.4 Å². The Kier molecular flexibility index (Phi) is 2.83. The molecule has 1 heterocycles. The van der Waals surface area contributed by atoms with Crippen molar-refractivity contribution in [1.29, 1.82) is 0 Å². The highest BCUT2D eigenvalue weighted by Crippen LogP contribution is 2.47. The third kappa shape index (κ3) is 2.23. The topological polar surface area (TPSA) is 29.9 Å². The van der Waals surface area contributed by atoms with Crippen LogP contribution >= 0.6 is 0 Å². The molecule has 0 amide bonds. The molecule has 3 heteroatoms. The lowest BCUT2D eigenvalue weighted by Crippen LogP contribution is -2.25. The van der Waals surface area contributed by atoms with Gasteiger partial charge in [0.05, 0.1) is 6.20 Å². The first-order valence-electron chi connectivity index (χ1n) is 5.81. The van der Waals surface area contributed by atoms with Crippen LogP contribution in [0.15, 0.2) is 6.20 Å². The summed E-state index contributed by atoms with van der Waals surface area (Å²) in [5.41, 5.74) is 2.78. The molecule has 1 aliphatic carbocycles. The number of hydrogen-bond acceptors (Lipinski definition) is 2. The molecular weight excluding hydrogens is 186 g/mol. The smallest absolute Gasteiger partial charge is 0.0527 e. The van der Waals surface area contributed by atoms with Gasteiger partial charge in [0.25, 0.3) is 0 Å². The van der Waals surface area contributed by atoms with E-state index in [1.807, 2.05) is 17.9 Å². The van der Waals surface area contributed by atoms with Gasteiger partial charge in [-0.15, -0.1) is 0 Å². The summed E-state index contributed by atoms with van der Waals surface area (Å²) in [4.78, 5) is 0. The standard InChI is InChI=1S/C12H21N3/c1-8(2)13-6-10-5-11(10)12-7-14-15(4)9(12)3/h7-8,10-11,13H,5-6H2,1-4H3. The van der Waals surface area contributed by atoms with Crippen LogP contribution in [0, 0.1) is 12.8 Å². The number of rotatable bonds is 4. The molecule has 0 spiro atoms. The van der Waals surface area contributed by atoms with Crippen molar-refractivity contribution < 1.29 is 0 Å². The number of hydrogen-bond donors (Lipinski definition) is 1. The van der Waals surface area contributed by atoms with Gasteiger partial charge in [-0.25, -0.2) is 0 Å². The van der Waals surface area contributed by atoms with E-state index in [1.165, 1.54) is 17.7 Å². The monoisotopic (exact) mass is 207 g/mol. The van der Waals surface area contributed by atoms with Crippen LogP contribution in [0.3, 0.4) is 0 Å². The largest absolute Gasteiger partial charge is 0.314 e. The number of aryl methyl sites for hydroxylation is 1. The van der Waals surface area contributed by atoms with E-state index in [0.29, 0.717) is 6.04 Å². The van der Waals surface area contributed by atoms with Gasteiger partial charge in [0.2, 0.25) is 0 Å². The maximum Gasteiger partial charge on any atom is 0.0527 e. The van der Waals surface area contributed by atoms with Crippen molar-refractivity contribution in [3.8, 4) is 0 Å². The Bertz CT molecular complexity index is 341. The predicted molar refractivity (Wildman–Crippen MR) is 61.9 cm³/mol. The van der Waals surface area contributed by atoms with Crippen LogP contribution in [-0.4, -0.2) is 22.4 Å². The Balaban J connectivity index is 1.91. The van der Waals surface area contributed by atoms with Gasteiger partial charge in [0.15, 0.2) is 0 Å². The zero-order chi connectivity index (χ0) is 11.0. The van der Waals surface area contributed by atoms with Gasteiger partial charge in [-0.3, -0.25) is 4.68 Å². The molecule has 0 aliphatic heterocycles. The molecule has 2 unspecified atom stereocenters. The summed E-state index contributed by atoms with van der Waals surface area (Å²) in [6, 6.07) is 0.598. The fraction of sp³-hybridized carbons (Fsp3) is 0.750. The van der Waals surface area contributed by atoms with Crippen molar-refractivity contribution in [2.75, 3.05) is 6.54 Å².